The molecule has 27 heavy (non-hydrogen) atoms. The van der Waals surface area contributed by atoms with Gasteiger partial charge in [0.05, 0.1) is 17.8 Å². The zero-order chi connectivity index (χ0) is 19.2. The molecule has 0 radical (unpaired) electrons. The van der Waals surface area contributed by atoms with Crippen LogP contribution < -0.4 is 10.7 Å². The number of hydrogen-bond donors (Lipinski definition) is 2. The van der Waals surface area contributed by atoms with Gasteiger partial charge < -0.3 is 5.32 Å². The maximum absolute atomic E-state index is 13.5. The summed E-state index contributed by atoms with van der Waals surface area (Å²) in [5.41, 5.74) is 6.71. The summed E-state index contributed by atoms with van der Waals surface area (Å²) in [6.07, 6.45) is 4.62. The molecule has 2 amide bonds. The highest BCUT2D eigenvalue weighted by molar-refractivity contribution is 6.00. The smallest absolute Gasteiger partial charge is 0.259 e. The van der Waals surface area contributed by atoms with E-state index in [-0.39, 0.29) is 12.1 Å². The molecule has 0 fully saturated rings. The van der Waals surface area contributed by atoms with Gasteiger partial charge in [0.15, 0.2) is 0 Å². The fourth-order valence-corrected chi connectivity index (χ4v) is 3.11. The Kier molecular flexibility index (Phi) is 5.96. The highest BCUT2D eigenvalue weighted by atomic mass is 19.1. The van der Waals surface area contributed by atoms with E-state index in [0.29, 0.717) is 5.71 Å². The topological polar surface area (TPSA) is 70.6 Å². The van der Waals surface area contributed by atoms with Crippen LogP contribution >= 0.6 is 0 Å². The molecule has 0 atom stereocenters. The summed E-state index contributed by atoms with van der Waals surface area (Å²) in [4.78, 5) is 23.8. The number of carbonyl (C=O) groups excluding carboxylic acids is 2. The average molecular weight is 367 g/mol. The van der Waals surface area contributed by atoms with E-state index >= 15 is 0 Å². The minimum absolute atomic E-state index is 0.0981. The maximum Gasteiger partial charge on any atom is 0.259 e. The van der Waals surface area contributed by atoms with Crippen LogP contribution in [0.4, 0.5) is 4.39 Å². The third-order valence-electron chi connectivity index (χ3n) is 4.64. The second-order valence-electron chi connectivity index (χ2n) is 6.59. The Morgan fingerprint density at radius 3 is 2.59 bits per heavy atom. The summed E-state index contributed by atoms with van der Waals surface area (Å²) in [5, 5.41) is 6.49. The zero-order valence-electron chi connectivity index (χ0n) is 15.2. The first-order chi connectivity index (χ1) is 13.0. The third-order valence-corrected chi connectivity index (χ3v) is 4.64. The van der Waals surface area contributed by atoms with Gasteiger partial charge in [0.25, 0.3) is 11.8 Å². The quantitative estimate of drug-likeness (QED) is 0.630. The van der Waals surface area contributed by atoms with Crippen molar-refractivity contribution in [2.24, 2.45) is 5.10 Å². The van der Waals surface area contributed by atoms with Crippen LogP contribution in [0.15, 0.2) is 47.6 Å². The molecule has 3 rings (SSSR count). The molecule has 1 aliphatic carbocycles. The lowest BCUT2D eigenvalue weighted by molar-refractivity contribution is -0.120. The number of rotatable bonds is 5. The summed E-state index contributed by atoms with van der Waals surface area (Å²) in [6.45, 7) is 1.54. The summed E-state index contributed by atoms with van der Waals surface area (Å²) < 4.78 is 13.5. The van der Waals surface area contributed by atoms with E-state index in [1.807, 2.05) is 13.0 Å². The fourth-order valence-electron chi connectivity index (χ4n) is 3.11. The van der Waals surface area contributed by atoms with Crippen molar-refractivity contribution in [3.63, 3.8) is 0 Å². The van der Waals surface area contributed by atoms with Crippen molar-refractivity contribution in [2.75, 3.05) is 6.54 Å². The molecule has 1 aliphatic rings. The molecule has 0 aromatic heterocycles. The van der Waals surface area contributed by atoms with Crippen LogP contribution in [0.3, 0.4) is 0 Å². The van der Waals surface area contributed by atoms with Crippen molar-refractivity contribution in [3.8, 4) is 0 Å². The molecule has 0 aliphatic heterocycles. The lowest BCUT2D eigenvalue weighted by Crippen LogP contribution is -2.35. The molecule has 6 heteroatoms. The first kappa shape index (κ1) is 18.8. The monoisotopic (exact) mass is 367 g/mol. The third kappa shape index (κ3) is 4.78. The number of nitrogens with one attached hydrogen (secondary N) is 2. The van der Waals surface area contributed by atoms with Gasteiger partial charge in [-0.2, -0.15) is 5.10 Å². The molecule has 2 aromatic carbocycles. The number of amides is 2. The molecular formula is C21H22FN3O2. The first-order valence-electron chi connectivity index (χ1n) is 9.02. The SMILES string of the molecule is C/C(=N\NC(=O)CNC(=O)c1ccccc1F)c1ccc2c(c1)CCCC2. The molecule has 140 valence electrons. The van der Waals surface area contributed by atoms with Gasteiger partial charge in [0.1, 0.15) is 5.82 Å². The van der Waals surface area contributed by atoms with E-state index in [1.54, 1.807) is 6.07 Å². The average Bonchev–Trinajstić information content (AvgIpc) is 2.70. The van der Waals surface area contributed by atoms with Gasteiger partial charge in [-0.15, -0.1) is 0 Å². The van der Waals surface area contributed by atoms with Gasteiger partial charge >= 0.3 is 0 Å². The Hall–Kier alpha value is -3.02. The minimum Gasteiger partial charge on any atom is -0.343 e. The predicted molar refractivity (Wildman–Crippen MR) is 102 cm³/mol. The molecule has 2 aromatic rings. The molecule has 0 saturated carbocycles. The largest absolute Gasteiger partial charge is 0.343 e. The number of fused-ring (bicyclic) bond motifs is 1. The number of halogens is 1. The van der Waals surface area contributed by atoms with Crippen LogP contribution in [0.25, 0.3) is 0 Å². The number of hydrazone groups is 1. The molecule has 2 N–H and O–H groups in total. The van der Waals surface area contributed by atoms with Crippen molar-refractivity contribution in [3.05, 3.63) is 70.5 Å². The Bertz CT molecular complexity index is 893. The summed E-state index contributed by atoms with van der Waals surface area (Å²) >= 11 is 0. The molecule has 0 bridgehead atoms. The van der Waals surface area contributed by atoms with Crippen LogP contribution in [-0.2, 0) is 17.6 Å². The van der Waals surface area contributed by atoms with Crippen molar-refractivity contribution in [1.29, 1.82) is 0 Å². The Morgan fingerprint density at radius 1 is 1.07 bits per heavy atom. The van der Waals surface area contributed by atoms with Crippen molar-refractivity contribution < 1.29 is 14.0 Å². The van der Waals surface area contributed by atoms with Crippen LogP contribution in [0.5, 0.6) is 0 Å². The Labute approximate surface area is 157 Å². The molecule has 0 heterocycles. The first-order valence-corrected chi connectivity index (χ1v) is 9.02. The van der Waals surface area contributed by atoms with E-state index in [1.165, 1.54) is 42.2 Å². The second kappa shape index (κ2) is 8.58. The maximum atomic E-state index is 13.5. The van der Waals surface area contributed by atoms with Gasteiger partial charge in [0.2, 0.25) is 0 Å². The van der Waals surface area contributed by atoms with Gasteiger partial charge in [-0.25, -0.2) is 9.82 Å². The highest BCUT2D eigenvalue weighted by Gasteiger charge is 2.13. The molecule has 0 unspecified atom stereocenters. The number of hydrogen-bond acceptors (Lipinski definition) is 3. The summed E-state index contributed by atoms with van der Waals surface area (Å²) in [6, 6.07) is 11.9. The van der Waals surface area contributed by atoms with Gasteiger partial charge in [-0.3, -0.25) is 9.59 Å². The number of carbonyl (C=O) groups is 2. The van der Waals surface area contributed by atoms with Gasteiger partial charge in [-0.05, 0) is 67.5 Å². The van der Waals surface area contributed by atoms with E-state index in [0.717, 1.165) is 18.4 Å². The van der Waals surface area contributed by atoms with Gasteiger partial charge in [-0.1, -0.05) is 24.3 Å². The highest BCUT2D eigenvalue weighted by Crippen LogP contribution is 2.22. The van der Waals surface area contributed by atoms with E-state index in [2.05, 4.69) is 28.0 Å². The zero-order valence-corrected chi connectivity index (χ0v) is 15.2. The Morgan fingerprint density at radius 2 is 1.81 bits per heavy atom. The predicted octanol–water partition coefficient (Wildman–Crippen LogP) is 2.97. The molecule has 0 spiro atoms. The number of benzene rings is 2. The van der Waals surface area contributed by atoms with Crippen LogP contribution in [0.1, 0.15) is 46.8 Å². The van der Waals surface area contributed by atoms with E-state index in [4.69, 9.17) is 0 Å². The molecule has 0 saturated heterocycles. The lowest BCUT2D eigenvalue weighted by atomic mass is 9.90. The summed E-state index contributed by atoms with van der Waals surface area (Å²) in [5.74, 6) is -1.74. The van der Waals surface area contributed by atoms with Crippen LogP contribution in [0.2, 0.25) is 0 Å². The fraction of sp³-hybridized carbons (Fsp3) is 0.286. The number of aryl methyl sites for hydroxylation is 2. The van der Waals surface area contributed by atoms with Crippen LogP contribution in [0, 0.1) is 5.82 Å². The molecular weight excluding hydrogens is 345 g/mol. The Balaban J connectivity index is 1.55. The second-order valence-corrected chi connectivity index (χ2v) is 6.59. The van der Waals surface area contributed by atoms with E-state index < -0.39 is 17.6 Å². The summed E-state index contributed by atoms with van der Waals surface area (Å²) in [7, 11) is 0. The molecule has 5 nitrogen and oxygen atoms in total. The van der Waals surface area contributed by atoms with Gasteiger partial charge in [0, 0.05) is 0 Å². The van der Waals surface area contributed by atoms with Crippen molar-refractivity contribution in [2.45, 2.75) is 32.6 Å². The number of nitrogens with zero attached hydrogens (tertiary/aromatic N) is 1. The van der Waals surface area contributed by atoms with Crippen molar-refractivity contribution >= 4 is 17.5 Å². The lowest BCUT2D eigenvalue weighted by Gasteiger charge is -2.16. The standard InChI is InChI=1S/C21H22FN3O2/c1-14(16-11-10-15-6-2-3-7-17(15)12-16)24-25-20(26)13-23-21(27)18-8-4-5-9-19(18)22/h4-5,8-12H,2-3,6-7,13H2,1H3,(H,23,27)(H,25,26)/b24-14+. The normalized spacial score (nSPS) is 13.6. The van der Waals surface area contributed by atoms with E-state index in [9.17, 15) is 14.0 Å². The minimum atomic E-state index is -0.640. The van der Waals surface area contributed by atoms with Crippen LogP contribution in [-0.4, -0.2) is 24.1 Å². The van der Waals surface area contributed by atoms with Crippen molar-refractivity contribution in [1.82, 2.24) is 10.7 Å².